The van der Waals surface area contributed by atoms with E-state index >= 15 is 0 Å². The van der Waals surface area contributed by atoms with Gasteiger partial charge in [-0.15, -0.1) is 0 Å². The number of likely N-dealkylation sites (tertiary alicyclic amines) is 1. The van der Waals surface area contributed by atoms with Crippen LogP contribution in [0, 0.1) is 11.8 Å². The van der Waals surface area contributed by atoms with Crippen LogP contribution < -0.4 is 0 Å². The van der Waals surface area contributed by atoms with Gasteiger partial charge in [-0.25, -0.2) is 9.97 Å². The van der Waals surface area contributed by atoms with Crippen LogP contribution in [0.15, 0.2) is 36.7 Å². The number of hydrogen-bond acceptors (Lipinski definition) is 6. The van der Waals surface area contributed by atoms with Gasteiger partial charge < -0.3 is 15.3 Å². The third-order valence-electron chi connectivity index (χ3n) is 5.59. The molecule has 1 aliphatic heterocycles. The molecule has 1 aromatic heterocycles. The van der Waals surface area contributed by atoms with Gasteiger partial charge in [-0.1, -0.05) is 24.3 Å². The zero-order valence-electron chi connectivity index (χ0n) is 14.7. The lowest BCUT2D eigenvalue weighted by atomic mass is 9.94. The highest BCUT2D eigenvalue weighted by Gasteiger charge is 2.40. The number of aromatic nitrogens is 2. The number of aromatic hydroxyl groups is 1. The first kappa shape index (κ1) is 17.4. The summed E-state index contributed by atoms with van der Waals surface area (Å²) < 4.78 is 0. The molecular formula is C20H25N3O3. The molecule has 4 aliphatic rings. The fraction of sp³-hybridized carbons (Fsp3) is 0.500. The lowest BCUT2D eigenvalue weighted by molar-refractivity contribution is 0.107. The summed E-state index contributed by atoms with van der Waals surface area (Å²) in [5.41, 5.74) is 2.97. The maximum atomic E-state index is 10.1. The van der Waals surface area contributed by atoms with Crippen LogP contribution in [0.4, 0.5) is 0 Å². The molecule has 4 atom stereocenters. The molecule has 6 heteroatoms. The minimum atomic E-state index is -0.732. The van der Waals surface area contributed by atoms with E-state index in [-0.39, 0.29) is 11.9 Å². The third kappa shape index (κ3) is 3.87. The molecule has 2 fully saturated rings. The van der Waals surface area contributed by atoms with Crippen LogP contribution in [0.3, 0.4) is 0 Å². The molecule has 6 rings (SSSR count). The van der Waals surface area contributed by atoms with Crippen LogP contribution in [0.1, 0.15) is 35.9 Å². The lowest BCUT2D eigenvalue weighted by Crippen LogP contribution is -2.28. The number of aliphatic hydroxyl groups excluding tert-OH is 2. The Morgan fingerprint density at radius 1 is 1.08 bits per heavy atom. The van der Waals surface area contributed by atoms with E-state index in [2.05, 4.69) is 39.1 Å². The van der Waals surface area contributed by atoms with Gasteiger partial charge >= 0.3 is 0 Å². The van der Waals surface area contributed by atoms with Crippen LogP contribution in [0.2, 0.25) is 0 Å². The zero-order valence-corrected chi connectivity index (χ0v) is 14.7. The van der Waals surface area contributed by atoms with Gasteiger partial charge in [0.25, 0.3) is 0 Å². The molecule has 3 aliphatic carbocycles. The molecule has 0 amide bonds. The summed E-state index contributed by atoms with van der Waals surface area (Å²) in [6, 6.07) is 8.65. The average molecular weight is 355 g/mol. The van der Waals surface area contributed by atoms with E-state index in [1.54, 1.807) is 0 Å². The van der Waals surface area contributed by atoms with Gasteiger partial charge in [-0.05, 0) is 42.2 Å². The number of β-amino-alcohol motifs (C(OH)–C–C–N with tert-alkyl or cyclic N) is 1. The molecule has 2 unspecified atom stereocenters. The molecule has 1 saturated carbocycles. The minimum Gasteiger partial charge on any atom is -0.505 e. The summed E-state index contributed by atoms with van der Waals surface area (Å²) in [6.45, 7) is 2.36. The Kier molecular flexibility index (Phi) is 4.89. The van der Waals surface area contributed by atoms with Gasteiger partial charge in [0.1, 0.15) is 6.10 Å². The monoisotopic (exact) mass is 355 g/mol. The normalized spacial score (nSPS) is 27.2. The highest BCUT2D eigenvalue weighted by Crippen LogP contribution is 2.38. The second-order valence-corrected chi connectivity index (χ2v) is 7.68. The molecule has 2 heterocycles. The molecule has 1 aromatic carbocycles. The van der Waals surface area contributed by atoms with Crippen molar-refractivity contribution >= 4 is 0 Å². The fourth-order valence-corrected chi connectivity index (χ4v) is 4.30. The molecule has 2 aromatic rings. The summed E-state index contributed by atoms with van der Waals surface area (Å²) in [6.07, 6.45) is 4.70. The van der Waals surface area contributed by atoms with Crippen molar-refractivity contribution in [2.24, 2.45) is 11.8 Å². The number of benzene rings is 1. The SMILES string of the molecule is Oc1cnc(C(O)CN2C[C@H]3CC(O)C[C@H]3C2)nc1.c1cc2cc(c1)C2. The second-order valence-electron chi connectivity index (χ2n) is 7.68. The summed E-state index contributed by atoms with van der Waals surface area (Å²) in [5.74, 6) is 1.46. The first-order valence-electron chi connectivity index (χ1n) is 9.24. The van der Waals surface area contributed by atoms with Crippen LogP contribution in [-0.4, -0.2) is 55.9 Å². The molecule has 26 heavy (non-hydrogen) atoms. The predicted molar refractivity (Wildman–Crippen MR) is 96.6 cm³/mol. The molecular weight excluding hydrogens is 330 g/mol. The van der Waals surface area contributed by atoms with E-state index in [0.29, 0.717) is 24.2 Å². The van der Waals surface area contributed by atoms with Gasteiger partial charge in [0.15, 0.2) is 11.6 Å². The Balaban J connectivity index is 0.000000198. The third-order valence-corrected chi connectivity index (χ3v) is 5.59. The zero-order chi connectivity index (χ0) is 18.1. The molecule has 0 radical (unpaired) electrons. The van der Waals surface area contributed by atoms with Crippen molar-refractivity contribution in [3.8, 4) is 5.75 Å². The van der Waals surface area contributed by atoms with Crippen molar-refractivity contribution in [2.75, 3.05) is 19.6 Å². The first-order valence-corrected chi connectivity index (χ1v) is 9.24. The number of fused-ring (bicyclic) bond motifs is 3. The molecule has 138 valence electrons. The lowest BCUT2D eigenvalue weighted by Gasteiger charge is -2.20. The Morgan fingerprint density at radius 3 is 2.12 bits per heavy atom. The molecule has 1 saturated heterocycles. The van der Waals surface area contributed by atoms with Crippen molar-refractivity contribution in [1.82, 2.24) is 14.9 Å². The van der Waals surface area contributed by atoms with Crippen molar-refractivity contribution in [3.63, 3.8) is 0 Å². The van der Waals surface area contributed by atoms with Crippen molar-refractivity contribution < 1.29 is 15.3 Å². The van der Waals surface area contributed by atoms with Gasteiger partial charge in [-0.3, -0.25) is 4.90 Å². The highest BCUT2D eigenvalue weighted by atomic mass is 16.3. The maximum Gasteiger partial charge on any atom is 0.158 e. The van der Waals surface area contributed by atoms with Crippen molar-refractivity contribution in [1.29, 1.82) is 0 Å². The number of nitrogens with zero attached hydrogens (tertiary/aromatic N) is 3. The maximum absolute atomic E-state index is 10.1. The number of rotatable bonds is 3. The van der Waals surface area contributed by atoms with E-state index in [1.165, 1.54) is 29.9 Å². The molecule has 2 bridgehead atoms. The van der Waals surface area contributed by atoms with Gasteiger partial charge in [0, 0.05) is 19.6 Å². The van der Waals surface area contributed by atoms with Crippen molar-refractivity contribution in [2.45, 2.75) is 31.5 Å². The van der Waals surface area contributed by atoms with Gasteiger partial charge in [-0.2, -0.15) is 0 Å². The largest absolute Gasteiger partial charge is 0.505 e. The Hall–Kier alpha value is -2.02. The van der Waals surface area contributed by atoms with E-state index in [4.69, 9.17) is 5.11 Å². The summed E-state index contributed by atoms with van der Waals surface area (Å²) in [5, 5.41) is 28.8. The predicted octanol–water partition coefficient (Wildman–Crippen LogP) is 1.51. The van der Waals surface area contributed by atoms with Crippen LogP contribution in [0.5, 0.6) is 5.75 Å². The second kappa shape index (κ2) is 7.31. The van der Waals surface area contributed by atoms with E-state index in [9.17, 15) is 10.2 Å². The Bertz CT molecular complexity index is 713. The van der Waals surface area contributed by atoms with Gasteiger partial charge in [0.2, 0.25) is 0 Å². The summed E-state index contributed by atoms with van der Waals surface area (Å²) in [7, 11) is 0. The number of aliphatic hydroxyl groups is 2. The summed E-state index contributed by atoms with van der Waals surface area (Å²) in [4.78, 5) is 10.1. The van der Waals surface area contributed by atoms with E-state index in [1.807, 2.05) is 0 Å². The first-order chi connectivity index (χ1) is 12.6. The van der Waals surface area contributed by atoms with Crippen LogP contribution >= 0.6 is 0 Å². The van der Waals surface area contributed by atoms with Crippen LogP contribution in [-0.2, 0) is 6.42 Å². The Morgan fingerprint density at radius 2 is 1.65 bits per heavy atom. The number of hydrogen-bond donors (Lipinski definition) is 3. The van der Waals surface area contributed by atoms with Crippen LogP contribution in [0.25, 0.3) is 0 Å². The highest BCUT2D eigenvalue weighted by molar-refractivity contribution is 5.37. The van der Waals surface area contributed by atoms with E-state index < -0.39 is 6.10 Å². The topological polar surface area (TPSA) is 89.7 Å². The molecule has 6 nitrogen and oxygen atoms in total. The minimum absolute atomic E-state index is 0.000595. The standard InChI is InChI=1S/C13H19N3O3.C7H6/c17-10-1-8-5-16(6-9(8)2-10)7-12(19)13-14-3-11(18)4-15-13;1-2-6-4-7(3-1)5-6/h3-4,8-10,12,17-19H,1-2,5-7H2;1-4H,5H2/t8-,9+,10?,12?;. The van der Waals surface area contributed by atoms with Crippen molar-refractivity contribution in [3.05, 3.63) is 53.6 Å². The van der Waals surface area contributed by atoms with Gasteiger partial charge in [0.05, 0.1) is 18.5 Å². The fourth-order valence-electron chi connectivity index (χ4n) is 4.30. The Labute approximate surface area is 153 Å². The van der Waals surface area contributed by atoms with E-state index in [0.717, 1.165) is 25.9 Å². The quantitative estimate of drug-likeness (QED) is 0.660. The molecule has 3 N–H and O–H groups in total. The smallest absolute Gasteiger partial charge is 0.158 e. The molecule has 0 spiro atoms. The summed E-state index contributed by atoms with van der Waals surface area (Å²) >= 11 is 0. The average Bonchev–Trinajstić information content (AvgIpc) is 3.12.